The van der Waals surface area contributed by atoms with Crippen molar-refractivity contribution in [1.82, 2.24) is 40.3 Å². The highest BCUT2D eigenvalue weighted by atomic mass is 35.5. The number of nitrogens with zero attached hydrogens (tertiary/aromatic N) is 7. The van der Waals surface area contributed by atoms with Gasteiger partial charge in [0.2, 0.25) is 17.7 Å². The number of hydrogen-bond donors (Lipinski definition) is 4. The Balaban J connectivity index is 0.793. The second-order valence-corrected chi connectivity index (χ2v) is 23.3. The van der Waals surface area contributed by atoms with Gasteiger partial charge >= 0.3 is 0 Å². The van der Waals surface area contributed by atoms with E-state index >= 15 is 0 Å². The minimum absolute atomic E-state index is 0.130. The Kier molecular flexibility index (Phi) is 17.1. The average molecular weight is 1050 g/mol. The molecule has 16 nitrogen and oxygen atoms in total. The molecular weight excluding hydrogens is 977 g/mol. The maximum Gasteiger partial charge on any atom is 0.258 e. The van der Waals surface area contributed by atoms with E-state index in [4.69, 9.17) is 22.1 Å². The van der Waals surface area contributed by atoms with Gasteiger partial charge in [0.25, 0.3) is 5.91 Å². The molecule has 0 spiro atoms. The molecule has 4 aliphatic rings. The molecule has 3 saturated heterocycles. The monoisotopic (exact) mass is 1050 g/mol. The van der Waals surface area contributed by atoms with Crippen LogP contribution >= 0.6 is 34.7 Å². The van der Waals surface area contributed by atoms with E-state index in [0.717, 1.165) is 97.5 Å². The van der Waals surface area contributed by atoms with Gasteiger partial charge in [-0.15, -0.1) is 11.3 Å². The number of piperazine rings is 1. The van der Waals surface area contributed by atoms with Gasteiger partial charge in [-0.05, 0) is 93.0 Å². The summed E-state index contributed by atoms with van der Waals surface area (Å²) < 4.78 is 21.1. The van der Waals surface area contributed by atoms with Crippen LogP contribution in [0.4, 0.5) is 15.9 Å². The molecule has 388 valence electrons. The molecular formula is C52H69ClFN11O5S2. The summed E-state index contributed by atoms with van der Waals surface area (Å²) in [6.45, 7) is 17.3. The Morgan fingerprint density at radius 1 is 0.986 bits per heavy atom. The molecule has 0 unspecified atom stereocenters. The molecule has 5 heterocycles. The number of aromatic nitrogens is 3. The predicted molar refractivity (Wildman–Crippen MR) is 281 cm³/mol. The standard InChI is InChI=1S/C52H69ClFN11O5S2/c1-34-45(71-33-59-34)35-12-13-36(28-58-47(67)38-10-7-19-65(38)48(68)46(50(2,3)4)61-49(69)52(54)14-15-52)39(27-35)70-26-8-18-62-22-24-63(25-23-62)31-42(66)60-37-9-6-11-40(44(37)53)72-43-30-56-41(29-57-43)64-20-16-51(5,32-55)17-21-64/h6,9,11-13,27,29-30,33,38,46H,7-8,10,14-26,28,31-32,55H2,1-5H3,(H,58,67)(H,60,66)(H,61,69)/t38-,46+/m0/s1. The van der Waals surface area contributed by atoms with Gasteiger partial charge < -0.3 is 41.1 Å². The van der Waals surface area contributed by atoms with Crippen molar-refractivity contribution in [1.29, 1.82) is 0 Å². The van der Waals surface area contributed by atoms with E-state index in [2.05, 4.69) is 52.5 Å². The molecule has 1 saturated carbocycles. The van der Waals surface area contributed by atoms with Crippen LogP contribution in [0.15, 0.2) is 64.2 Å². The maximum atomic E-state index is 14.7. The zero-order valence-electron chi connectivity index (χ0n) is 42.1. The minimum atomic E-state index is -1.92. The topological polar surface area (TPSA) is 191 Å². The van der Waals surface area contributed by atoms with Crippen LogP contribution in [0.3, 0.4) is 0 Å². The number of piperidine rings is 1. The Bertz CT molecular complexity index is 2560. The summed E-state index contributed by atoms with van der Waals surface area (Å²) >= 11 is 9.79. The van der Waals surface area contributed by atoms with Crippen LogP contribution in [0.25, 0.3) is 10.4 Å². The van der Waals surface area contributed by atoms with Gasteiger partial charge in [-0.25, -0.2) is 19.3 Å². The zero-order valence-corrected chi connectivity index (χ0v) is 44.5. The van der Waals surface area contributed by atoms with Crippen molar-refractivity contribution in [2.75, 3.05) is 82.3 Å². The molecule has 4 amide bonds. The van der Waals surface area contributed by atoms with Crippen LogP contribution < -0.4 is 31.3 Å². The number of benzene rings is 2. The highest BCUT2D eigenvalue weighted by molar-refractivity contribution is 7.99. The number of nitrogens with one attached hydrogen (secondary N) is 3. The average Bonchev–Trinajstić information content (AvgIpc) is 3.68. The molecule has 5 N–H and O–H groups in total. The third-order valence-electron chi connectivity index (χ3n) is 14.4. The first-order valence-electron chi connectivity index (χ1n) is 25.1. The van der Waals surface area contributed by atoms with Crippen molar-refractivity contribution in [2.45, 2.75) is 114 Å². The molecule has 8 rings (SSSR count). The minimum Gasteiger partial charge on any atom is -0.493 e. The molecule has 0 bridgehead atoms. The van der Waals surface area contributed by atoms with Crippen LogP contribution in [0.2, 0.25) is 5.02 Å². The number of ether oxygens (including phenoxy) is 1. The van der Waals surface area contributed by atoms with Crippen LogP contribution in [0.1, 0.15) is 83.9 Å². The van der Waals surface area contributed by atoms with Gasteiger partial charge in [-0.2, -0.15) is 0 Å². The van der Waals surface area contributed by atoms with Crippen molar-refractivity contribution in [3.8, 4) is 16.2 Å². The summed E-state index contributed by atoms with van der Waals surface area (Å²) in [6.07, 6.45) is 7.80. The summed E-state index contributed by atoms with van der Waals surface area (Å²) in [5, 5.41) is 9.92. The Labute approximate surface area is 435 Å². The van der Waals surface area contributed by atoms with E-state index in [-0.39, 0.29) is 49.1 Å². The Morgan fingerprint density at radius 2 is 1.74 bits per heavy atom. The first-order valence-corrected chi connectivity index (χ1v) is 27.2. The number of halogens is 2. The fraction of sp³-hybridized carbons (Fsp3) is 0.558. The summed E-state index contributed by atoms with van der Waals surface area (Å²) in [7, 11) is 0. The fourth-order valence-corrected chi connectivity index (χ4v) is 11.3. The van der Waals surface area contributed by atoms with E-state index < -0.39 is 29.1 Å². The number of nitrogens with two attached hydrogens (primary N) is 1. The number of rotatable bonds is 19. The number of hydrogen-bond acceptors (Lipinski definition) is 14. The lowest BCUT2D eigenvalue weighted by atomic mass is 9.80. The number of carbonyl (C=O) groups excluding carboxylic acids is 4. The summed E-state index contributed by atoms with van der Waals surface area (Å²) in [4.78, 5) is 77.6. The lowest BCUT2D eigenvalue weighted by Gasteiger charge is -2.39. The smallest absolute Gasteiger partial charge is 0.258 e. The van der Waals surface area contributed by atoms with Crippen molar-refractivity contribution < 1.29 is 28.3 Å². The number of thiazole rings is 1. The summed E-state index contributed by atoms with van der Waals surface area (Å²) in [6, 6.07) is 9.85. The van der Waals surface area contributed by atoms with Crippen LogP contribution in [-0.4, -0.2) is 143 Å². The highest BCUT2D eigenvalue weighted by Gasteiger charge is 2.53. The third kappa shape index (κ3) is 13.2. The summed E-state index contributed by atoms with van der Waals surface area (Å²) in [5.41, 5.74) is 8.61. The molecule has 2 aromatic carbocycles. The van der Waals surface area contributed by atoms with Crippen LogP contribution in [0.5, 0.6) is 5.75 Å². The van der Waals surface area contributed by atoms with Crippen LogP contribution in [-0.2, 0) is 25.7 Å². The molecule has 1 aliphatic carbocycles. The number of aryl methyl sites for hydroxylation is 1. The van der Waals surface area contributed by atoms with Crippen LogP contribution in [0, 0.1) is 17.8 Å². The van der Waals surface area contributed by atoms with E-state index in [1.165, 1.54) is 16.7 Å². The summed E-state index contributed by atoms with van der Waals surface area (Å²) in [5.74, 6) is -0.0585. The second-order valence-electron chi connectivity index (χ2n) is 21.0. The van der Waals surface area contributed by atoms with Gasteiger partial charge in [-0.1, -0.05) is 69.3 Å². The third-order valence-corrected chi connectivity index (χ3v) is 16.9. The molecule has 2 atom stereocenters. The molecule has 20 heteroatoms. The van der Waals surface area contributed by atoms with Crippen molar-refractivity contribution >= 4 is 69.8 Å². The van der Waals surface area contributed by atoms with E-state index in [1.54, 1.807) is 23.7 Å². The van der Waals surface area contributed by atoms with Gasteiger partial charge in [0.15, 0.2) is 5.67 Å². The molecule has 4 aromatic rings. The highest BCUT2D eigenvalue weighted by Crippen LogP contribution is 2.41. The number of amides is 4. The largest absolute Gasteiger partial charge is 0.493 e. The normalized spacial score (nSPS) is 19.4. The lowest BCUT2D eigenvalue weighted by molar-refractivity contribution is -0.144. The van der Waals surface area contributed by atoms with Crippen molar-refractivity contribution in [3.05, 3.63) is 70.6 Å². The van der Waals surface area contributed by atoms with Gasteiger partial charge in [-0.3, -0.25) is 24.1 Å². The first-order chi connectivity index (χ1) is 34.4. The second kappa shape index (κ2) is 23.1. The fourth-order valence-electron chi connectivity index (χ4n) is 9.41. The zero-order chi connectivity index (χ0) is 51.2. The van der Waals surface area contributed by atoms with E-state index in [1.807, 2.05) is 69.6 Å². The van der Waals surface area contributed by atoms with E-state index in [0.29, 0.717) is 54.0 Å². The lowest BCUT2D eigenvalue weighted by Crippen LogP contribution is -2.58. The Hall–Kier alpha value is -4.92. The molecule has 2 aromatic heterocycles. The quantitative estimate of drug-likeness (QED) is 0.0707. The first kappa shape index (κ1) is 53.4. The van der Waals surface area contributed by atoms with E-state index in [9.17, 15) is 23.6 Å². The van der Waals surface area contributed by atoms with Crippen molar-refractivity contribution in [2.24, 2.45) is 16.6 Å². The molecule has 72 heavy (non-hydrogen) atoms. The SMILES string of the molecule is Cc1ncsc1-c1ccc(CNC(=O)[C@@H]2CCCN2C(=O)[C@@H](NC(=O)C2(F)CC2)C(C)(C)C)c(OCCCN2CCN(CC(=O)Nc3cccc(Sc4cnc(N5CCC(C)(CN)CC5)cn4)c3Cl)CC2)c1. The number of likely N-dealkylation sites (tertiary alicyclic amines) is 1. The number of alkyl halides is 1. The van der Waals surface area contributed by atoms with Crippen molar-refractivity contribution in [3.63, 3.8) is 0 Å². The van der Waals surface area contributed by atoms with Gasteiger partial charge in [0, 0.05) is 69.4 Å². The molecule has 4 fully saturated rings. The molecule has 3 aliphatic heterocycles. The maximum absolute atomic E-state index is 14.7. The Morgan fingerprint density at radius 3 is 2.40 bits per heavy atom. The predicted octanol–water partition coefficient (Wildman–Crippen LogP) is 6.94. The number of carbonyl (C=O) groups is 4. The van der Waals surface area contributed by atoms with Gasteiger partial charge in [0.05, 0.1) is 52.3 Å². The molecule has 0 radical (unpaired) electrons. The number of anilines is 2. The van der Waals surface area contributed by atoms with Gasteiger partial charge in [0.1, 0.15) is 28.7 Å².